The third-order valence-corrected chi connectivity index (χ3v) is 3.49. The van der Waals surface area contributed by atoms with Crippen molar-refractivity contribution in [3.63, 3.8) is 0 Å². The molecule has 2 rings (SSSR count). The van der Waals surface area contributed by atoms with E-state index in [-0.39, 0.29) is 0 Å². The van der Waals surface area contributed by atoms with E-state index in [4.69, 9.17) is 5.26 Å². The Labute approximate surface area is 109 Å². The fraction of sp³-hybridized carbons (Fsp3) is 0.533. The minimum Gasteiger partial charge on any atom is -0.383 e. The Kier molecular flexibility index (Phi) is 4.60. The molecule has 96 valence electrons. The molecule has 0 aromatic heterocycles. The summed E-state index contributed by atoms with van der Waals surface area (Å²) in [5.41, 5.74) is 2.84. The first-order valence-electron chi connectivity index (χ1n) is 6.76. The van der Waals surface area contributed by atoms with Crippen molar-refractivity contribution in [1.29, 1.82) is 5.26 Å². The largest absolute Gasteiger partial charge is 0.383 e. The molecule has 0 radical (unpaired) electrons. The van der Waals surface area contributed by atoms with E-state index < -0.39 is 0 Å². The summed E-state index contributed by atoms with van der Waals surface area (Å²) in [5.74, 6) is 0. The topological polar surface area (TPSA) is 39.1 Å². The number of anilines is 1. The van der Waals surface area contributed by atoms with Crippen molar-refractivity contribution >= 4 is 5.69 Å². The summed E-state index contributed by atoms with van der Waals surface area (Å²) in [6, 6.07) is 8.23. The normalized spacial score (nSPS) is 16.2. The van der Waals surface area contributed by atoms with E-state index >= 15 is 0 Å². The molecule has 1 heterocycles. The molecule has 18 heavy (non-hydrogen) atoms. The van der Waals surface area contributed by atoms with Crippen molar-refractivity contribution in [2.24, 2.45) is 0 Å². The monoisotopic (exact) mass is 243 g/mol. The molecule has 1 aliphatic heterocycles. The number of piperidine rings is 1. The van der Waals surface area contributed by atoms with Crippen LogP contribution in [0.25, 0.3) is 0 Å². The fourth-order valence-corrected chi connectivity index (χ4v) is 2.44. The van der Waals surface area contributed by atoms with Crippen molar-refractivity contribution in [2.75, 3.05) is 31.5 Å². The molecule has 1 aromatic carbocycles. The Morgan fingerprint density at radius 2 is 2.06 bits per heavy atom. The minimum atomic E-state index is 0.744. The molecule has 1 aromatic rings. The molecule has 0 amide bonds. The molecule has 3 heteroatoms. The van der Waals surface area contributed by atoms with E-state index in [1.165, 1.54) is 32.4 Å². The molecule has 0 aliphatic carbocycles. The quantitative estimate of drug-likeness (QED) is 0.883. The van der Waals surface area contributed by atoms with Gasteiger partial charge in [0.05, 0.1) is 11.3 Å². The van der Waals surface area contributed by atoms with Gasteiger partial charge in [0, 0.05) is 13.1 Å². The third-order valence-electron chi connectivity index (χ3n) is 3.49. The number of rotatable bonds is 4. The van der Waals surface area contributed by atoms with Crippen LogP contribution < -0.4 is 5.32 Å². The van der Waals surface area contributed by atoms with Crippen LogP contribution in [0.3, 0.4) is 0 Å². The summed E-state index contributed by atoms with van der Waals surface area (Å²) in [5, 5.41) is 12.5. The molecule has 0 unspecified atom stereocenters. The van der Waals surface area contributed by atoms with Crippen LogP contribution in [0.2, 0.25) is 0 Å². The zero-order chi connectivity index (χ0) is 12.8. The van der Waals surface area contributed by atoms with Crippen LogP contribution in [-0.4, -0.2) is 31.1 Å². The summed E-state index contributed by atoms with van der Waals surface area (Å²) in [6.45, 7) is 6.44. The summed E-state index contributed by atoms with van der Waals surface area (Å²) in [7, 11) is 0. The van der Waals surface area contributed by atoms with Crippen molar-refractivity contribution < 1.29 is 0 Å². The molecule has 1 N–H and O–H groups in total. The van der Waals surface area contributed by atoms with Crippen molar-refractivity contribution in [3.8, 4) is 6.07 Å². The number of likely N-dealkylation sites (tertiary alicyclic amines) is 1. The highest BCUT2D eigenvalue weighted by Crippen LogP contribution is 2.16. The standard InChI is InChI=1S/C15H21N3/c1-13-5-6-15(14(11-13)12-16)17-7-10-18-8-3-2-4-9-18/h5-6,11,17H,2-4,7-10H2,1H3. The molecular formula is C15H21N3. The van der Waals surface area contributed by atoms with Crippen molar-refractivity contribution in [3.05, 3.63) is 29.3 Å². The molecule has 0 bridgehead atoms. The SMILES string of the molecule is Cc1ccc(NCCN2CCCCC2)c(C#N)c1. The number of benzene rings is 1. The Morgan fingerprint density at radius 1 is 1.28 bits per heavy atom. The van der Waals surface area contributed by atoms with Gasteiger partial charge in [-0.2, -0.15) is 5.26 Å². The highest BCUT2D eigenvalue weighted by Gasteiger charge is 2.09. The van der Waals surface area contributed by atoms with Gasteiger partial charge >= 0.3 is 0 Å². The van der Waals surface area contributed by atoms with Crippen LogP contribution in [0.4, 0.5) is 5.69 Å². The van der Waals surface area contributed by atoms with Gasteiger partial charge in [0.15, 0.2) is 0 Å². The predicted molar refractivity (Wildman–Crippen MR) is 74.7 cm³/mol. The van der Waals surface area contributed by atoms with Gasteiger partial charge in [0.2, 0.25) is 0 Å². The van der Waals surface area contributed by atoms with E-state index in [2.05, 4.69) is 16.3 Å². The van der Waals surface area contributed by atoms with Gasteiger partial charge in [-0.15, -0.1) is 0 Å². The van der Waals surface area contributed by atoms with E-state index in [1.807, 2.05) is 25.1 Å². The number of hydrogen-bond donors (Lipinski definition) is 1. The van der Waals surface area contributed by atoms with Crippen molar-refractivity contribution in [2.45, 2.75) is 26.2 Å². The van der Waals surface area contributed by atoms with E-state index in [0.717, 1.165) is 29.9 Å². The average Bonchev–Trinajstić information content (AvgIpc) is 2.41. The molecule has 1 aliphatic rings. The maximum absolute atomic E-state index is 9.09. The molecule has 0 atom stereocenters. The second-order valence-corrected chi connectivity index (χ2v) is 4.99. The molecule has 1 fully saturated rings. The number of nitriles is 1. The molecule has 0 saturated carbocycles. The van der Waals surface area contributed by atoms with Crippen LogP contribution in [0.5, 0.6) is 0 Å². The third kappa shape index (κ3) is 3.48. The zero-order valence-electron chi connectivity index (χ0n) is 11.1. The fourth-order valence-electron chi connectivity index (χ4n) is 2.44. The smallest absolute Gasteiger partial charge is 0.101 e. The maximum atomic E-state index is 9.09. The number of hydrogen-bond acceptors (Lipinski definition) is 3. The molecule has 3 nitrogen and oxygen atoms in total. The summed E-state index contributed by atoms with van der Waals surface area (Å²) in [6.07, 6.45) is 4.03. The van der Waals surface area contributed by atoms with Crippen LogP contribution in [0.15, 0.2) is 18.2 Å². The maximum Gasteiger partial charge on any atom is 0.101 e. The summed E-state index contributed by atoms with van der Waals surface area (Å²) in [4.78, 5) is 2.50. The lowest BCUT2D eigenvalue weighted by Gasteiger charge is -2.26. The number of nitrogens with one attached hydrogen (secondary N) is 1. The molecule has 0 spiro atoms. The number of aryl methyl sites for hydroxylation is 1. The van der Waals surface area contributed by atoms with Gasteiger partial charge in [0.25, 0.3) is 0 Å². The first-order chi connectivity index (χ1) is 8.79. The number of nitrogens with zero attached hydrogens (tertiary/aromatic N) is 2. The van der Waals surface area contributed by atoms with Gasteiger partial charge in [-0.1, -0.05) is 12.5 Å². The second kappa shape index (κ2) is 6.42. The van der Waals surface area contributed by atoms with Gasteiger partial charge in [-0.25, -0.2) is 0 Å². The Balaban J connectivity index is 1.84. The van der Waals surface area contributed by atoms with Gasteiger partial charge in [-0.3, -0.25) is 0 Å². The predicted octanol–water partition coefficient (Wildman–Crippen LogP) is 2.76. The summed E-state index contributed by atoms with van der Waals surface area (Å²) >= 11 is 0. The Morgan fingerprint density at radius 3 is 2.78 bits per heavy atom. The van der Waals surface area contributed by atoms with Gasteiger partial charge < -0.3 is 10.2 Å². The lowest BCUT2D eigenvalue weighted by atomic mass is 10.1. The van der Waals surface area contributed by atoms with Crippen LogP contribution in [0, 0.1) is 18.3 Å². The van der Waals surface area contributed by atoms with Crippen LogP contribution in [-0.2, 0) is 0 Å². The Bertz CT molecular complexity index is 428. The second-order valence-electron chi connectivity index (χ2n) is 4.99. The summed E-state index contributed by atoms with van der Waals surface area (Å²) < 4.78 is 0. The van der Waals surface area contributed by atoms with Crippen LogP contribution in [0.1, 0.15) is 30.4 Å². The first kappa shape index (κ1) is 12.9. The van der Waals surface area contributed by atoms with Gasteiger partial charge in [-0.05, 0) is 50.6 Å². The van der Waals surface area contributed by atoms with E-state index in [9.17, 15) is 0 Å². The average molecular weight is 243 g/mol. The van der Waals surface area contributed by atoms with Crippen LogP contribution >= 0.6 is 0 Å². The highest BCUT2D eigenvalue weighted by atomic mass is 15.1. The Hall–Kier alpha value is -1.53. The zero-order valence-corrected chi connectivity index (χ0v) is 11.1. The lowest BCUT2D eigenvalue weighted by molar-refractivity contribution is 0.237. The molecular weight excluding hydrogens is 222 g/mol. The van der Waals surface area contributed by atoms with Gasteiger partial charge in [0.1, 0.15) is 6.07 Å². The van der Waals surface area contributed by atoms with Crippen molar-refractivity contribution in [1.82, 2.24) is 4.90 Å². The van der Waals surface area contributed by atoms with E-state index in [0.29, 0.717) is 0 Å². The van der Waals surface area contributed by atoms with E-state index in [1.54, 1.807) is 0 Å². The molecule has 1 saturated heterocycles. The lowest BCUT2D eigenvalue weighted by Crippen LogP contribution is -2.33. The highest BCUT2D eigenvalue weighted by molar-refractivity contribution is 5.58. The minimum absolute atomic E-state index is 0.744. The first-order valence-corrected chi connectivity index (χ1v) is 6.76.